The molecule has 0 aliphatic rings. The minimum atomic E-state index is 0.562. The quantitative estimate of drug-likeness (QED) is 0.365. The Labute approximate surface area is 98.3 Å². The van der Waals surface area contributed by atoms with Gasteiger partial charge in [0.25, 0.3) is 0 Å². The van der Waals surface area contributed by atoms with Gasteiger partial charge in [-0.25, -0.2) is 0 Å². The lowest BCUT2D eigenvalue weighted by Gasteiger charge is -1.98. The van der Waals surface area contributed by atoms with Crippen LogP contribution in [0, 0.1) is 0 Å². The van der Waals surface area contributed by atoms with Crippen molar-refractivity contribution in [3.63, 3.8) is 0 Å². The van der Waals surface area contributed by atoms with Gasteiger partial charge in [0.2, 0.25) is 0 Å². The highest BCUT2D eigenvalue weighted by Crippen LogP contribution is 2.02. The lowest BCUT2D eigenvalue weighted by Crippen LogP contribution is -1.86. The number of rotatable bonds is 8. The van der Waals surface area contributed by atoms with Gasteiger partial charge in [0.1, 0.15) is 6.61 Å². The molecule has 0 aromatic heterocycles. The van der Waals surface area contributed by atoms with Gasteiger partial charge < -0.3 is 4.84 Å². The average Bonchev–Trinajstić information content (AvgIpc) is 2.34. The Hall–Kier alpha value is -1.31. The van der Waals surface area contributed by atoms with E-state index in [0.717, 1.165) is 12.0 Å². The molecule has 0 bridgehead atoms. The van der Waals surface area contributed by atoms with Crippen molar-refractivity contribution in [1.29, 1.82) is 0 Å². The van der Waals surface area contributed by atoms with E-state index in [9.17, 15) is 0 Å². The summed E-state index contributed by atoms with van der Waals surface area (Å²) in [5.41, 5.74) is 1.16. The first-order valence-corrected chi connectivity index (χ1v) is 6.11. The third kappa shape index (κ3) is 6.23. The van der Waals surface area contributed by atoms with Crippen molar-refractivity contribution < 1.29 is 4.84 Å². The summed E-state index contributed by atoms with van der Waals surface area (Å²) in [6.45, 7) is 2.78. The number of nitrogens with zero attached hydrogens (tertiary/aromatic N) is 1. The largest absolute Gasteiger partial charge is 0.391 e. The van der Waals surface area contributed by atoms with Crippen LogP contribution in [-0.2, 0) is 11.4 Å². The van der Waals surface area contributed by atoms with Crippen molar-refractivity contribution in [3.8, 4) is 0 Å². The van der Waals surface area contributed by atoms with Crippen molar-refractivity contribution in [2.24, 2.45) is 5.16 Å². The third-order valence-electron chi connectivity index (χ3n) is 2.41. The Bertz CT molecular complexity index is 282. The van der Waals surface area contributed by atoms with Crippen LogP contribution in [-0.4, -0.2) is 6.21 Å². The Balaban J connectivity index is 2.00. The highest BCUT2D eigenvalue weighted by molar-refractivity contribution is 5.56. The zero-order valence-electron chi connectivity index (χ0n) is 10.1. The van der Waals surface area contributed by atoms with Crippen molar-refractivity contribution in [1.82, 2.24) is 0 Å². The first kappa shape index (κ1) is 12.8. The fourth-order valence-corrected chi connectivity index (χ4v) is 1.45. The summed E-state index contributed by atoms with van der Waals surface area (Å²) >= 11 is 0. The molecule has 0 aliphatic carbocycles. The van der Waals surface area contributed by atoms with E-state index in [-0.39, 0.29) is 0 Å². The van der Waals surface area contributed by atoms with Crippen LogP contribution in [0.25, 0.3) is 0 Å². The average molecular weight is 219 g/mol. The maximum atomic E-state index is 5.20. The van der Waals surface area contributed by atoms with Gasteiger partial charge in [-0.05, 0) is 18.4 Å². The van der Waals surface area contributed by atoms with E-state index in [1.807, 2.05) is 36.5 Å². The topological polar surface area (TPSA) is 21.6 Å². The number of unbranched alkanes of at least 4 members (excludes halogenated alkanes) is 4. The summed E-state index contributed by atoms with van der Waals surface area (Å²) in [4.78, 5) is 5.20. The summed E-state index contributed by atoms with van der Waals surface area (Å²) in [7, 11) is 0. The molecule has 0 spiro atoms. The van der Waals surface area contributed by atoms with Gasteiger partial charge in [-0.2, -0.15) is 0 Å². The van der Waals surface area contributed by atoms with Gasteiger partial charge in [-0.15, -0.1) is 0 Å². The molecule has 2 heteroatoms. The van der Waals surface area contributed by atoms with Gasteiger partial charge in [-0.3, -0.25) is 0 Å². The Morgan fingerprint density at radius 1 is 1.12 bits per heavy atom. The van der Waals surface area contributed by atoms with E-state index < -0.39 is 0 Å². The molecule has 0 aliphatic heterocycles. The zero-order valence-corrected chi connectivity index (χ0v) is 10.1. The van der Waals surface area contributed by atoms with Crippen LogP contribution in [0.1, 0.15) is 44.6 Å². The molecule has 1 rings (SSSR count). The smallest absolute Gasteiger partial charge is 0.142 e. The predicted molar refractivity (Wildman–Crippen MR) is 68.5 cm³/mol. The molecular formula is C14H21NO. The molecule has 0 fully saturated rings. The summed E-state index contributed by atoms with van der Waals surface area (Å²) in [6, 6.07) is 10.1. The van der Waals surface area contributed by atoms with Crippen LogP contribution >= 0.6 is 0 Å². The first-order valence-electron chi connectivity index (χ1n) is 6.11. The minimum absolute atomic E-state index is 0.562. The van der Waals surface area contributed by atoms with Gasteiger partial charge in [0.05, 0.1) is 0 Å². The molecule has 88 valence electrons. The van der Waals surface area contributed by atoms with Crippen molar-refractivity contribution in [3.05, 3.63) is 35.9 Å². The van der Waals surface area contributed by atoms with E-state index in [1.54, 1.807) is 0 Å². The third-order valence-corrected chi connectivity index (χ3v) is 2.41. The monoisotopic (exact) mass is 219 g/mol. The molecule has 0 radical (unpaired) electrons. The number of oxime groups is 1. The first-order chi connectivity index (χ1) is 7.93. The highest BCUT2D eigenvalue weighted by atomic mass is 16.6. The van der Waals surface area contributed by atoms with Crippen molar-refractivity contribution in [2.45, 2.75) is 45.6 Å². The summed E-state index contributed by atoms with van der Waals surface area (Å²) in [5, 5.41) is 3.94. The second kappa shape index (κ2) is 8.96. The van der Waals surface area contributed by atoms with Crippen molar-refractivity contribution >= 4 is 6.21 Å². The minimum Gasteiger partial charge on any atom is -0.391 e. The van der Waals surface area contributed by atoms with E-state index in [2.05, 4.69) is 12.1 Å². The van der Waals surface area contributed by atoms with Crippen LogP contribution in [0.4, 0.5) is 0 Å². The van der Waals surface area contributed by atoms with Crippen LogP contribution < -0.4 is 0 Å². The highest BCUT2D eigenvalue weighted by Gasteiger charge is 1.89. The summed E-state index contributed by atoms with van der Waals surface area (Å²) in [5.74, 6) is 0. The molecule has 1 aromatic carbocycles. The van der Waals surface area contributed by atoms with Crippen LogP contribution in [0.2, 0.25) is 0 Å². The molecule has 2 nitrogen and oxygen atoms in total. The molecule has 0 saturated carbocycles. The summed E-state index contributed by atoms with van der Waals surface area (Å²) in [6.07, 6.45) is 8.00. The van der Waals surface area contributed by atoms with E-state index in [4.69, 9.17) is 4.84 Å². The Morgan fingerprint density at radius 2 is 1.94 bits per heavy atom. The maximum absolute atomic E-state index is 5.20. The van der Waals surface area contributed by atoms with E-state index in [0.29, 0.717) is 6.61 Å². The van der Waals surface area contributed by atoms with Gasteiger partial charge in [-0.1, -0.05) is 61.7 Å². The van der Waals surface area contributed by atoms with Crippen molar-refractivity contribution in [2.75, 3.05) is 0 Å². The molecule has 0 amide bonds. The fourth-order valence-electron chi connectivity index (χ4n) is 1.45. The standard InChI is InChI=1S/C14H21NO/c1-2-3-4-5-9-12-15-16-13-14-10-7-6-8-11-14/h6-8,10-12H,2-5,9,13H2,1H3. The van der Waals surface area contributed by atoms with Crippen LogP contribution in [0.5, 0.6) is 0 Å². The molecule has 0 saturated heterocycles. The second-order valence-electron chi connectivity index (χ2n) is 3.90. The molecule has 0 unspecified atom stereocenters. The van der Waals surface area contributed by atoms with Gasteiger partial charge >= 0.3 is 0 Å². The van der Waals surface area contributed by atoms with Gasteiger partial charge in [0, 0.05) is 6.21 Å². The predicted octanol–water partition coefficient (Wildman–Crippen LogP) is 4.16. The second-order valence-corrected chi connectivity index (χ2v) is 3.90. The number of benzene rings is 1. The normalized spacial score (nSPS) is 10.8. The fraction of sp³-hybridized carbons (Fsp3) is 0.500. The summed E-state index contributed by atoms with van der Waals surface area (Å²) < 4.78 is 0. The Kier molecular flexibility index (Phi) is 7.14. The molecule has 0 atom stereocenters. The molecule has 0 heterocycles. The molecular weight excluding hydrogens is 198 g/mol. The molecule has 0 N–H and O–H groups in total. The van der Waals surface area contributed by atoms with E-state index in [1.165, 1.54) is 25.7 Å². The van der Waals surface area contributed by atoms with Crippen LogP contribution in [0.3, 0.4) is 0 Å². The van der Waals surface area contributed by atoms with E-state index >= 15 is 0 Å². The zero-order chi connectivity index (χ0) is 11.5. The Morgan fingerprint density at radius 3 is 2.69 bits per heavy atom. The number of hydrogen-bond acceptors (Lipinski definition) is 2. The SMILES string of the molecule is CCCCCCC=NOCc1ccccc1. The van der Waals surface area contributed by atoms with Crippen LogP contribution in [0.15, 0.2) is 35.5 Å². The maximum Gasteiger partial charge on any atom is 0.142 e. The number of hydrogen-bond donors (Lipinski definition) is 0. The lowest BCUT2D eigenvalue weighted by atomic mass is 10.2. The lowest BCUT2D eigenvalue weighted by molar-refractivity contribution is 0.131. The molecule has 16 heavy (non-hydrogen) atoms. The molecule has 1 aromatic rings. The van der Waals surface area contributed by atoms with Gasteiger partial charge in [0.15, 0.2) is 0 Å².